The van der Waals surface area contributed by atoms with E-state index in [1.54, 1.807) is 14.2 Å². The van der Waals surface area contributed by atoms with Gasteiger partial charge in [0.25, 0.3) is 0 Å². The molecule has 0 aliphatic rings. The fraction of sp³-hybridized carbons (Fsp3) is 0.370. The summed E-state index contributed by atoms with van der Waals surface area (Å²) in [6, 6.07) is 13.3. The van der Waals surface area contributed by atoms with Crippen LogP contribution in [0.5, 0.6) is 11.5 Å². The number of rotatable bonds is 12. The van der Waals surface area contributed by atoms with Gasteiger partial charge in [-0.05, 0) is 73.2 Å². The van der Waals surface area contributed by atoms with Gasteiger partial charge in [-0.1, -0.05) is 23.7 Å². The lowest BCUT2D eigenvalue weighted by atomic mass is 9.89. The molecule has 0 spiro atoms. The van der Waals surface area contributed by atoms with Gasteiger partial charge in [0.05, 0.1) is 26.7 Å². The van der Waals surface area contributed by atoms with Crippen LogP contribution >= 0.6 is 11.6 Å². The number of benzene rings is 2. The van der Waals surface area contributed by atoms with Gasteiger partial charge in [-0.3, -0.25) is 4.79 Å². The van der Waals surface area contributed by atoms with E-state index < -0.39 is 12.1 Å². The van der Waals surface area contributed by atoms with Crippen molar-refractivity contribution in [2.45, 2.75) is 45.3 Å². The van der Waals surface area contributed by atoms with E-state index in [1.165, 1.54) is 0 Å². The second-order valence-corrected chi connectivity index (χ2v) is 9.00. The molecule has 0 saturated carbocycles. The maximum Gasteiger partial charge on any atom is 0.307 e. The fourth-order valence-corrected chi connectivity index (χ4v) is 4.53. The summed E-state index contributed by atoms with van der Waals surface area (Å²) >= 11 is 6.12. The van der Waals surface area contributed by atoms with Crippen molar-refractivity contribution in [2.24, 2.45) is 5.92 Å². The first-order valence-electron chi connectivity index (χ1n) is 11.3. The Bertz CT molecular complexity index is 1080. The predicted molar refractivity (Wildman–Crippen MR) is 133 cm³/mol. The summed E-state index contributed by atoms with van der Waals surface area (Å²) in [7, 11) is 3.20. The Hall–Kier alpha value is -2.96. The third-order valence-electron chi connectivity index (χ3n) is 6.10. The van der Waals surface area contributed by atoms with Crippen molar-refractivity contribution in [2.75, 3.05) is 14.2 Å². The lowest BCUT2D eigenvalue weighted by molar-refractivity contribution is -0.136. The van der Waals surface area contributed by atoms with Crippen LogP contribution in [-0.2, 0) is 24.2 Å². The summed E-state index contributed by atoms with van der Waals surface area (Å²) in [4.78, 5) is 11.1. The molecule has 0 radical (unpaired) electrons. The zero-order valence-corrected chi connectivity index (χ0v) is 20.6. The van der Waals surface area contributed by atoms with Crippen LogP contribution < -0.4 is 9.47 Å². The first-order valence-corrected chi connectivity index (χ1v) is 11.7. The molecule has 0 fully saturated rings. The number of aliphatic carboxylic acids is 1. The Kier molecular flexibility index (Phi) is 9.02. The number of hydrogen-bond acceptors (Lipinski definition) is 4. The van der Waals surface area contributed by atoms with Crippen LogP contribution in [-0.4, -0.2) is 35.0 Å². The maximum absolute atomic E-state index is 11.4. The smallest absolute Gasteiger partial charge is 0.307 e. The molecule has 7 heteroatoms. The lowest BCUT2D eigenvalue weighted by Crippen LogP contribution is -2.19. The Labute approximate surface area is 205 Å². The molecule has 0 bridgehead atoms. The SMILES string of the molecule is COc1cc([C@@H](O)[C@@H](CCCc2cccc(Cl)c2)Cn2ccc(CC(=O)O)c2)cc(OC)c1C. The Morgan fingerprint density at radius 3 is 2.41 bits per heavy atom. The van der Waals surface area contributed by atoms with Gasteiger partial charge in [0.15, 0.2) is 0 Å². The molecule has 0 saturated heterocycles. The number of carboxylic acids is 1. The normalized spacial score (nSPS) is 12.9. The molecule has 2 aromatic carbocycles. The first-order chi connectivity index (χ1) is 16.3. The molecule has 1 heterocycles. The van der Waals surface area contributed by atoms with E-state index in [4.69, 9.17) is 26.2 Å². The molecule has 0 aliphatic carbocycles. The Morgan fingerprint density at radius 2 is 1.79 bits per heavy atom. The van der Waals surface area contributed by atoms with Crippen molar-refractivity contribution in [3.8, 4) is 11.5 Å². The Balaban J connectivity index is 1.82. The summed E-state index contributed by atoms with van der Waals surface area (Å²) in [5.74, 6) is 0.350. The van der Waals surface area contributed by atoms with E-state index in [1.807, 2.05) is 60.3 Å². The highest BCUT2D eigenvalue weighted by Gasteiger charge is 2.24. The highest BCUT2D eigenvalue weighted by molar-refractivity contribution is 6.30. The number of aliphatic hydroxyl groups is 1. The van der Waals surface area contributed by atoms with Crippen LogP contribution in [0.3, 0.4) is 0 Å². The fourth-order valence-electron chi connectivity index (χ4n) is 4.31. The number of methoxy groups -OCH3 is 2. The van der Waals surface area contributed by atoms with Crippen molar-refractivity contribution in [1.29, 1.82) is 0 Å². The maximum atomic E-state index is 11.4. The van der Waals surface area contributed by atoms with Crippen LogP contribution in [0.15, 0.2) is 54.9 Å². The van der Waals surface area contributed by atoms with Crippen molar-refractivity contribution in [3.63, 3.8) is 0 Å². The van der Waals surface area contributed by atoms with Crippen LogP contribution in [0.2, 0.25) is 5.02 Å². The average Bonchev–Trinajstić information content (AvgIpc) is 3.24. The highest BCUT2D eigenvalue weighted by Crippen LogP contribution is 2.36. The molecule has 0 amide bonds. The molecular weight excluding hydrogens is 454 g/mol. The largest absolute Gasteiger partial charge is 0.496 e. The van der Waals surface area contributed by atoms with E-state index in [9.17, 15) is 9.90 Å². The summed E-state index contributed by atoms with van der Waals surface area (Å²) in [6.45, 7) is 2.47. The molecule has 0 unspecified atom stereocenters. The zero-order valence-electron chi connectivity index (χ0n) is 19.8. The molecule has 3 rings (SSSR count). The van der Waals surface area contributed by atoms with Gasteiger partial charge in [0, 0.05) is 35.4 Å². The van der Waals surface area contributed by atoms with Crippen molar-refractivity contribution in [1.82, 2.24) is 4.57 Å². The standard InChI is InChI=1S/C27H32ClNO5/c1-18-24(33-2)14-22(15-25(18)34-3)27(32)21(8-4-6-19-7-5-9-23(28)12-19)17-29-11-10-20(16-29)13-26(30)31/h5,7,9-12,14-16,21,27,32H,4,6,8,13,17H2,1-3H3,(H,30,31)/t21-,27-/m0/s1. The molecule has 1 aromatic heterocycles. The predicted octanol–water partition coefficient (Wildman–Crippen LogP) is 5.47. The van der Waals surface area contributed by atoms with Gasteiger partial charge in [-0.15, -0.1) is 0 Å². The van der Waals surface area contributed by atoms with Crippen LogP contribution in [0.4, 0.5) is 0 Å². The third-order valence-corrected chi connectivity index (χ3v) is 6.34. The molecule has 2 N–H and O–H groups in total. The molecule has 0 aliphatic heterocycles. The second kappa shape index (κ2) is 12.0. The summed E-state index contributed by atoms with van der Waals surface area (Å²) < 4.78 is 13.0. The molecule has 6 nitrogen and oxygen atoms in total. The summed E-state index contributed by atoms with van der Waals surface area (Å²) in [5, 5.41) is 21.2. The molecule has 2 atom stereocenters. The van der Waals surface area contributed by atoms with Gasteiger partial charge < -0.3 is 24.3 Å². The summed E-state index contributed by atoms with van der Waals surface area (Å²) in [6.07, 6.45) is 5.39. The minimum absolute atomic E-state index is 0.0264. The Morgan fingerprint density at radius 1 is 1.09 bits per heavy atom. The quantitative estimate of drug-likeness (QED) is 0.355. The number of carbonyl (C=O) groups is 1. The number of aliphatic hydroxyl groups excluding tert-OH is 1. The third kappa shape index (κ3) is 6.78. The van der Waals surface area contributed by atoms with Crippen LogP contribution in [0.1, 0.15) is 41.2 Å². The van der Waals surface area contributed by atoms with E-state index in [2.05, 4.69) is 6.07 Å². The molecule has 3 aromatic rings. The van der Waals surface area contributed by atoms with E-state index in [0.717, 1.165) is 41.5 Å². The van der Waals surface area contributed by atoms with E-state index in [-0.39, 0.29) is 12.3 Å². The number of aryl methyl sites for hydroxylation is 1. The second-order valence-electron chi connectivity index (χ2n) is 8.56. The molecule has 34 heavy (non-hydrogen) atoms. The average molecular weight is 486 g/mol. The number of ether oxygens (including phenoxy) is 2. The van der Waals surface area contributed by atoms with Gasteiger partial charge in [0.1, 0.15) is 11.5 Å². The van der Waals surface area contributed by atoms with E-state index in [0.29, 0.717) is 23.1 Å². The minimum atomic E-state index is -0.866. The molecular formula is C27H32ClNO5. The van der Waals surface area contributed by atoms with Gasteiger partial charge >= 0.3 is 5.97 Å². The number of hydrogen-bond donors (Lipinski definition) is 2. The van der Waals surface area contributed by atoms with Crippen molar-refractivity contribution in [3.05, 3.63) is 82.1 Å². The number of aromatic nitrogens is 1. The number of carboxylic acid groups (broad SMARTS) is 1. The van der Waals surface area contributed by atoms with Gasteiger partial charge in [0.2, 0.25) is 0 Å². The number of nitrogens with zero attached hydrogens (tertiary/aromatic N) is 1. The zero-order chi connectivity index (χ0) is 24.7. The van der Waals surface area contributed by atoms with Gasteiger partial charge in [-0.2, -0.15) is 0 Å². The highest BCUT2D eigenvalue weighted by atomic mass is 35.5. The topological polar surface area (TPSA) is 80.9 Å². The van der Waals surface area contributed by atoms with Crippen molar-refractivity contribution >= 4 is 17.6 Å². The summed E-state index contributed by atoms with van der Waals surface area (Å²) in [5.41, 5.74) is 3.50. The van der Waals surface area contributed by atoms with Crippen LogP contribution in [0.25, 0.3) is 0 Å². The minimum Gasteiger partial charge on any atom is -0.496 e. The van der Waals surface area contributed by atoms with E-state index >= 15 is 0 Å². The van der Waals surface area contributed by atoms with Crippen molar-refractivity contribution < 1.29 is 24.5 Å². The monoisotopic (exact) mass is 485 g/mol. The van der Waals surface area contributed by atoms with Gasteiger partial charge in [-0.25, -0.2) is 0 Å². The van der Waals surface area contributed by atoms with Crippen LogP contribution in [0, 0.1) is 12.8 Å². The lowest BCUT2D eigenvalue weighted by Gasteiger charge is -2.25. The first kappa shape index (κ1) is 25.7. The molecule has 182 valence electrons. The number of halogens is 1.